The largest absolute Gasteiger partial charge is 0.296 e. The molecule has 10 heavy (non-hydrogen) atoms. The SMILES string of the molecule is O=Cc1ncc(F)cc1Br. The molecule has 1 aromatic heterocycles. The standard InChI is InChI=1S/C6H3BrFNO/c7-5-1-4(8)2-9-6(5)3-10/h1-3H. The minimum Gasteiger partial charge on any atom is -0.296 e. The summed E-state index contributed by atoms with van der Waals surface area (Å²) in [5, 5.41) is 0. The maximum absolute atomic E-state index is 12.3. The molecule has 1 heterocycles. The molecule has 0 unspecified atom stereocenters. The molecule has 0 bridgehead atoms. The Kier molecular flexibility index (Phi) is 2.11. The summed E-state index contributed by atoms with van der Waals surface area (Å²) >= 11 is 2.97. The summed E-state index contributed by atoms with van der Waals surface area (Å²) in [5.74, 6) is -0.461. The zero-order valence-electron chi connectivity index (χ0n) is 4.84. The number of aldehydes is 1. The molecule has 0 saturated carbocycles. The van der Waals surface area contributed by atoms with Gasteiger partial charge in [-0.25, -0.2) is 9.37 Å². The van der Waals surface area contributed by atoms with Crippen LogP contribution in [0.5, 0.6) is 0 Å². The van der Waals surface area contributed by atoms with Crippen molar-refractivity contribution in [3.63, 3.8) is 0 Å². The third-order valence-electron chi connectivity index (χ3n) is 0.948. The van der Waals surface area contributed by atoms with E-state index in [1.165, 1.54) is 6.07 Å². The van der Waals surface area contributed by atoms with Crippen LogP contribution in [0.3, 0.4) is 0 Å². The molecule has 0 fully saturated rings. The normalized spacial score (nSPS) is 9.40. The summed E-state index contributed by atoms with van der Waals surface area (Å²) in [6, 6.07) is 1.19. The van der Waals surface area contributed by atoms with Gasteiger partial charge in [0.1, 0.15) is 11.5 Å². The highest BCUT2D eigenvalue weighted by molar-refractivity contribution is 9.10. The van der Waals surface area contributed by atoms with Crippen molar-refractivity contribution in [1.29, 1.82) is 0 Å². The maximum Gasteiger partial charge on any atom is 0.169 e. The molecule has 0 aliphatic carbocycles. The van der Waals surface area contributed by atoms with Crippen molar-refractivity contribution in [2.75, 3.05) is 0 Å². The number of carbonyl (C=O) groups is 1. The number of halogens is 2. The third-order valence-corrected chi connectivity index (χ3v) is 1.58. The molecule has 4 heteroatoms. The highest BCUT2D eigenvalue weighted by Gasteiger charge is 1.99. The Morgan fingerprint density at radius 1 is 1.70 bits per heavy atom. The van der Waals surface area contributed by atoms with Crippen molar-refractivity contribution in [2.24, 2.45) is 0 Å². The fourth-order valence-electron chi connectivity index (χ4n) is 0.512. The molecule has 0 saturated heterocycles. The lowest BCUT2D eigenvalue weighted by Crippen LogP contribution is -1.88. The molecule has 1 aromatic rings. The van der Waals surface area contributed by atoms with Crippen molar-refractivity contribution >= 4 is 22.2 Å². The van der Waals surface area contributed by atoms with Crippen LogP contribution in [-0.4, -0.2) is 11.3 Å². The van der Waals surface area contributed by atoms with Crippen molar-refractivity contribution in [3.05, 3.63) is 28.2 Å². The highest BCUT2D eigenvalue weighted by atomic mass is 79.9. The Morgan fingerprint density at radius 3 is 2.90 bits per heavy atom. The van der Waals surface area contributed by atoms with Crippen molar-refractivity contribution < 1.29 is 9.18 Å². The van der Waals surface area contributed by atoms with Crippen LogP contribution in [0, 0.1) is 5.82 Å². The molecule has 1 rings (SSSR count). The van der Waals surface area contributed by atoms with Gasteiger partial charge in [-0.3, -0.25) is 4.79 Å². The lowest BCUT2D eigenvalue weighted by Gasteiger charge is -1.92. The summed E-state index contributed by atoms with van der Waals surface area (Å²) in [4.78, 5) is 13.6. The molecule has 0 radical (unpaired) electrons. The average molecular weight is 204 g/mol. The van der Waals surface area contributed by atoms with Crippen LogP contribution >= 0.6 is 15.9 Å². The van der Waals surface area contributed by atoms with Crippen LogP contribution in [0.1, 0.15) is 10.5 Å². The molecule has 0 aliphatic heterocycles. The number of carbonyl (C=O) groups excluding carboxylic acids is 1. The Morgan fingerprint density at radius 2 is 2.40 bits per heavy atom. The lowest BCUT2D eigenvalue weighted by molar-refractivity contribution is 0.111. The van der Waals surface area contributed by atoms with Crippen LogP contribution in [0.15, 0.2) is 16.7 Å². The molecule has 0 aromatic carbocycles. The fourth-order valence-corrected chi connectivity index (χ4v) is 0.926. The molecule has 2 nitrogen and oxygen atoms in total. The van der Waals surface area contributed by atoms with Crippen LogP contribution in [-0.2, 0) is 0 Å². The van der Waals surface area contributed by atoms with E-state index >= 15 is 0 Å². The second-order valence-corrected chi connectivity index (χ2v) is 2.49. The van der Waals surface area contributed by atoms with Crippen LogP contribution in [0.4, 0.5) is 4.39 Å². The summed E-state index contributed by atoms with van der Waals surface area (Å²) in [6.07, 6.45) is 1.55. The van der Waals surface area contributed by atoms with E-state index in [0.29, 0.717) is 10.8 Å². The Balaban J connectivity index is 3.19. The Bertz CT molecular complexity index is 264. The topological polar surface area (TPSA) is 30.0 Å². The van der Waals surface area contributed by atoms with E-state index in [2.05, 4.69) is 20.9 Å². The number of hydrogen-bond donors (Lipinski definition) is 0. The van der Waals surface area contributed by atoms with Gasteiger partial charge in [0.2, 0.25) is 0 Å². The van der Waals surface area contributed by atoms with E-state index in [1.54, 1.807) is 0 Å². The fraction of sp³-hybridized carbons (Fsp3) is 0. The molecular weight excluding hydrogens is 201 g/mol. The molecule has 0 N–H and O–H groups in total. The maximum atomic E-state index is 12.3. The molecule has 0 aliphatic rings. The quantitative estimate of drug-likeness (QED) is 0.652. The van der Waals surface area contributed by atoms with E-state index in [4.69, 9.17) is 0 Å². The Hall–Kier alpha value is -0.770. The summed E-state index contributed by atoms with van der Waals surface area (Å²) < 4.78 is 12.7. The molecule has 52 valence electrons. The van der Waals surface area contributed by atoms with E-state index in [-0.39, 0.29) is 5.69 Å². The van der Waals surface area contributed by atoms with Gasteiger partial charge in [-0.05, 0) is 22.0 Å². The van der Waals surface area contributed by atoms with Crippen LogP contribution in [0.2, 0.25) is 0 Å². The highest BCUT2D eigenvalue weighted by Crippen LogP contribution is 2.12. The van der Waals surface area contributed by atoms with Crippen LogP contribution in [0.25, 0.3) is 0 Å². The molecule has 0 amide bonds. The molecular formula is C6H3BrFNO. The van der Waals surface area contributed by atoms with E-state index in [0.717, 1.165) is 6.20 Å². The predicted octanol–water partition coefficient (Wildman–Crippen LogP) is 1.80. The van der Waals surface area contributed by atoms with E-state index in [1.807, 2.05) is 0 Å². The van der Waals surface area contributed by atoms with Gasteiger partial charge >= 0.3 is 0 Å². The van der Waals surface area contributed by atoms with Gasteiger partial charge in [0.15, 0.2) is 6.29 Å². The lowest BCUT2D eigenvalue weighted by atomic mass is 10.4. The third kappa shape index (κ3) is 1.39. The Labute approximate surface area is 65.2 Å². The van der Waals surface area contributed by atoms with Crippen LogP contribution < -0.4 is 0 Å². The minimum atomic E-state index is -0.461. The van der Waals surface area contributed by atoms with Gasteiger partial charge in [-0.15, -0.1) is 0 Å². The first-order chi connectivity index (χ1) is 4.74. The van der Waals surface area contributed by atoms with Gasteiger partial charge < -0.3 is 0 Å². The van der Waals surface area contributed by atoms with E-state index in [9.17, 15) is 9.18 Å². The van der Waals surface area contributed by atoms with Crippen molar-refractivity contribution in [2.45, 2.75) is 0 Å². The number of rotatable bonds is 1. The smallest absolute Gasteiger partial charge is 0.169 e. The zero-order chi connectivity index (χ0) is 7.56. The first-order valence-electron chi connectivity index (χ1n) is 2.50. The minimum absolute atomic E-state index is 0.210. The first-order valence-corrected chi connectivity index (χ1v) is 3.29. The van der Waals surface area contributed by atoms with Gasteiger partial charge in [-0.1, -0.05) is 0 Å². The van der Waals surface area contributed by atoms with Crippen molar-refractivity contribution in [1.82, 2.24) is 4.98 Å². The number of pyridine rings is 1. The van der Waals surface area contributed by atoms with Gasteiger partial charge in [0, 0.05) is 4.47 Å². The van der Waals surface area contributed by atoms with Gasteiger partial charge in [-0.2, -0.15) is 0 Å². The summed E-state index contributed by atoms with van der Waals surface area (Å²) in [7, 11) is 0. The van der Waals surface area contributed by atoms with Gasteiger partial charge in [0.05, 0.1) is 6.20 Å². The number of nitrogens with zero attached hydrogens (tertiary/aromatic N) is 1. The zero-order valence-corrected chi connectivity index (χ0v) is 6.43. The van der Waals surface area contributed by atoms with Gasteiger partial charge in [0.25, 0.3) is 0 Å². The average Bonchev–Trinajstić information content (AvgIpc) is 1.88. The molecule has 0 atom stereocenters. The predicted molar refractivity (Wildman–Crippen MR) is 37.3 cm³/mol. The second-order valence-electron chi connectivity index (χ2n) is 1.64. The summed E-state index contributed by atoms with van der Waals surface area (Å²) in [5.41, 5.74) is 0.210. The van der Waals surface area contributed by atoms with Crippen molar-refractivity contribution in [3.8, 4) is 0 Å². The van der Waals surface area contributed by atoms with E-state index < -0.39 is 5.82 Å². The number of hydrogen-bond acceptors (Lipinski definition) is 2. The molecule has 0 spiro atoms. The first kappa shape index (κ1) is 7.34. The second kappa shape index (κ2) is 2.88. The monoisotopic (exact) mass is 203 g/mol. The summed E-state index contributed by atoms with van der Waals surface area (Å²) in [6.45, 7) is 0. The number of aromatic nitrogens is 1.